The lowest BCUT2D eigenvalue weighted by Crippen LogP contribution is -2.55. The molecule has 0 bridgehead atoms. The van der Waals surface area contributed by atoms with Crippen LogP contribution in [0.3, 0.4) is 0 Å². The number of nitriles is 1. The van der Waals surface area contributed by atoms with Crippen molar-refractivity contribution in [2.45, 2.75) is 18.2 Å². The quantitative estimate of drug-likeness (QED) is 0.308. The number of anilines is 2. The molecule has 2 amide bonds. The highest BCUT2D eigenvalue weighted by molar-refractivity contribution is 6.24. The van der Waals surface area contributed by atoms with Gasteiger partial charge < -0.3 is 10.5 Å². The monoisotopic (exact) mass is 500 g/mol. The summed E-state index contributed by atoms with van der Waals surface area (Å²) in [6.45, 7) is 0. The van der Waals surface area contributed by atoms with Gasteiger partial charge in [0.2, 0.25) is 5.91 Å². The molecule has 0 aromatic heterocycles. The number of para-hydroxylation sites is 1. The fourth-order valence-electron chi connectivity index (χ4n) is 5.36. The van der Waals surface area contributed by atoms with Crippen LogP contribution in [0.5, 0.6) is 0 Å². The van der Waals surface area contributed by atoms with Gasteiger partial charge in [0, 0.05) is 5.69 Å². The minimum Gasteiger partial charge on any atom is -0.386 e. The highest BCUT2D eigenvalue weighted by Crippen LogP contribution is 2.39. The van der Waals surface area contributed by atoms with Crippen LogP contribution >= 0.6 is 0 Å². The van der Waals surface area contributed by atoms with Crippen molar-refractivity contribution in [3.63, 3.8) is 0 Å². The predicted octanol–water partition coefficient (Wildman–Crippen LogP) is 4.57. The van der Waals surface area contributed by atoms with Crippen LogP contribution in [0, 0.1) is 17.2 Å². The number of carbonyl (C=O) groups excluding carboxylic acids is 2. The molecule has 0 aliphatic carbocycles. The minimum atomic E-state index is -1.00. The summed E-state index contributed by atoms with van der Waals surface area (Å²) in [5.41, 5.74) is 5.65. The predicted molar refractivity (Wildman–Crippen MR) is 145 cm³/mol. The van der Waals surface area contributed by atoms with Crippen molar-refractivity contribution in [2.24, 2.45) is 5.92 Å². The molecule has 1 fully saturated rings. The van der Waals surface area contributed by atoms with Crippen molar-refractivity contribution < 1.29 is 14.7 Å². The van der Waals surface area contributed by atoms with E-state index in [4.69, 9.17) is 0 Å². The largest absolute Gasteiger partial charge is 0.386 e. The fraction of sp³-hybridized carbons (Fsp3) is 0.129. The molecule has 2 aliphatic rings. The number of imide groups is 1. The van der Waals surface area contributed by atoms with E-state index in [0.29, 0.717) is 16.9 Å². The fourth-order valence-corrected chi connectivity index (χ4v) is 5.36. The SMILES string of the molecule is N#Cc1ccc(NN2C(C(O)c3cccc4ccccc34)C=CC3C(=O)N(c4ccccc4)C(=O)C32)cc1. The number of aliphatic hydroxyl groups excluding tert-OH is 1. The number of nitrogens with zero attached hydrogens (tertiary/aromatic N) is 3. The van der Waals surface area contributed by atoms with Crippen LogP contribution in [0.2, 0.25) is 0 Å². The topological polar surface area (TPSA) is 96.7 Å². The Morgan fingerprint density at radius 1 is 0.816 bits per heavy atom. The average Bonchev–Trinajstić information content (AvgIpc) is 3.23. The molecule has 0 spiro atoms. The molecule has 7 nitrogen and oxygen atoms in total. The number of hydrogen-bond donors (Lipinski definition) is 2. The second-order valence-corrected chi connectivity index (χ2v) is 9.41. The van der Waals surface area contributed by atoms with Gasteiger partial charge in [-0.2, -0.15) is 5.26 Å². The molecule has 4 aromatic carbocycles. The Morgan fingerprint density at radius 2 is 1.53 bits per heavy atom. The second-order valence-electron chi connectivity index (χ2n) is 9.41. The Labute approximate surface area is 219 Å². The Balaban J connectivity index is 1.43. The molecule has 2 N–H and O–H groups in total. The van der Waals surface area contributed by atoms with Gasteiger partial charge in [0.25, 0.3) is 5.91 Å². The van der Waals surface area contributed by atoms with Gasteiger partial charge in [-0.05, 0) is 52.7 Å². The minimum absolute atomic E-state index is 0.313. The standard InChI is InChI=1S/C31H24N4O3/c32-19-20-13-15-22(16-14-20)33-35-27(29(36)25-12-6-8-21-7-4-5-11-24(21)25)18-17-26-28(35)31(38)34(30(26)37)23-9-2-1-3-10-23/h1-18,26-29,33,36H. The zero-order valence-electron chi connectivity index (χ0n) is 20.3. The Kier molecular flexibility index (Phi) is 5.97. The molecule has 186 valence electrons. The Hall–Kier alpha value is -4.77. The number of hydrogen-bond acceptors (Lipinski definition) is 6. The molecule has 0 saturated carbocycles. The van der Waals surface area contributed by atoms with Crippen molar-refractivity contribution in [3.8, 4) is 6.07 Å². The first-order chi connectivity index (χ1) is 18.6. The summed E-state index contributed by atoms with van der Waals surface area (Å²) < 4.78 is 0. The Bertz CT molecular complexity index is 1590. The summed E-state index contributed by atoms with van der Waals surface area (Å²) in [5, 5.41) is 24.5. The van der Waals surface area contributed by atoms with Gasteiger partial charge >= 0.3 is 0 Å². The molecule has 4 unspecified atom stereocenters. The number of fused-ring (bicyclic) bond motifs is 2. The van der Waals surface area contributed by atoms with Crippen molar-refractivity contribution in [1.82, 2.24) is 5.01 Å². The van der Waals surface area contributed by atoms with Gasteiger partial charge in [-0.3, -0.25) is 9.59 Å². The first-order valence-corrected chi connectivity index (χ1v) is 12.4. The van der Waals surface area contributed by atoms with E-state index >= 15 is 0 Å². The molecule has 2 heterocycles. The molecule has 4 aromatic rings. The smallest absolute Gasteiger partial charge is 0.254 e. The van der Waals surface area contributed by atoms with Crippen LogP contribution in [0.4, 0.5) is 11.4 Å². The van der Waals surface area contributed by atoms with E-state index < -0.39 is 24.1 Å². The normalized spacial score (nSPS) is 21.8. The summed E-state index contributed by atoms with van der Waals surface area (Å²) in [6, 6.07) is 29.8. The van der Waals surface area contributed by atoms with Gasteiger partial charge in [0.15, 0.2) is 0 Å². The number of nitrogens with one attached hydrogen (secondary N) is 1. The van der Waals surface area contributed by atoms with Crippen molar-refractivity contribution in [3.05, 3.63) is 120 Å². The lowest BCUT2D eigenvalue weighted by molar-refractivity contribution is -0.123. The maximum absolute atomic E-state index is 13.8. The van der Waals surface area contributed by atoms with E-state index in [1.165, 1.54) is 4.90 Å². The number of hydrazine groups is 1. The summed E-state index contributed by atoms with van der Waals surface area (Å²) in [7, 11) is 0. The van der Waals surface area contributed by atoms with Gasteiger partial charge in [0.05, 0.1) is 29.3 Å². The van der Waals surface area contributed by atoms with Crippen LogP contribution in [0.1, 0.15) is 17.2 Å². The number of carbonyl (C=O) groups is 2. The first-order valence-electron chi connectivity index (χ1n) is 12.4. The van der Waals surface area contributed by atoms with E-state index in [1.54, 1.807) is 65.7 Å². The summed E-state index contributed by atoms with van der Waals surface area (Å²) >= 11 is 0. The molecule has 1 saturated heterocycles. The second kappa shape index (κ2) is 9.60. The molecule has 38 heavy (non-hydrogen) atoms. The van der Waals surface area contributed by atoms with Gasteiger partial charge in [-0.25, -0.2) is 9.91 Å². The molecule has 2 aliphatic heterocycles. The summed E-state index contributed by atoms with van der Waals surface area (Å²) in [5.74, 6) is -1.40. The summed E-state index contributed by atoms with van der Waals surface area (Å²) in [4.78, 5) is 28.5. The van der Waals surface area contributed by atoms with Crippen molar-refractivity contribution >= 4 is 34.0 Å². The highest BCUT2D eigenvalue weighted by Gasteiger charge is 2.54. The van der Waals surface area contributed by atoms with Crippen LogP contribution in [-0.4, -0.2) is 34.0 Å². The maximum atomic E-state index is 13.8. The van der Waals surface area contributed by atoms with E-state index in [1.807, 2.05) is 48.5 Å². The van der Waals surface area contributed by atoms with Crippen LogP contribution in [-0.2, 0) is 9.59 Å². The maximum Gasteiger partial charge on any atom is 0.254 e. The van der Waals surface area contributed by atoms with Gasteiger partial charge in [-0.15, -0.1) is 0 Å². The number of benzene rings is 4. The Morgan fingerprint density at radius 3 is 2.29 bits per heavy atom. The average molecular weight is 501 g/mol. The molecule has 7 heteroatoms. The zero-order valence-corrected chi connectivity index (χ0v) is 20.3. The van der Waals surface area contributed by atoms with Gasteiger partial charge in [-0.1, -0.05) is 72.8 Å². The van der Waals surface area contributed by atoms with Crippen LogP contribution < -0.4 is 10.3 Å². The molecule has 6 rings (SSSR count). The van der Waals surface area contributed by atoms with Crippen LogP contribution in [0.25, 0.3) is 10.8 Å². The number of amides is 2. The summed E-state index contributed by atoms with van der Waals surface area (Å²) in [6.07, 6.45) is 2.53. The molecular weight excluding hydrogens is 476 g/mol. The van der Waals surface area contributed by atoms with E-state index in [-0.39, 0.29) is 11.8 Å². The molecule has 0 radical (unpaired) electrons. The van der Waals surface area contributed by atoms with E-state index in [2.05, 4.69) is 11.5 Å². The first kappa shape index (κ1) is 23.6. The van der Waals surface area contributed by atoms with Gasteiger partial charge in [0.1, 0.15) is 12.1 Å². The zero-order chi connectivity index (χ0) is 26.2. The third-order valence-corrected chi connectivity index (χ3v) is 7.21. The van der Waals surface area contributed by atoms with E-state index in [0.717, 1.165) is 16.3 Å². The highest BCUT2D eigenvalue weighted by atomic mass is 16.3. The third-order valence-electron chi connectivity index (χ3n) is 7.21. The van der Waals surface area contributed by atoms with Crippen LogP contribution in [0.15, 0.2) is 109 Å². The lowest BCUT2D eigenvalue weighted by Gasteiger charge is -2.41. The number of aliphatic hydroxyl groups is 1. The third kappa shape index (κ3) is 3.93. The molecular formula is C31H24N4O3. The number of rotatable bonds is 5. The van der Waals surface area contributed by atoms with Crippen molar-refractivity contribution in [2.75, 3.05) is 10.3 Å². The van der Waals surface area contributed by atoms with E-state index in [9.17, 15) is 20.0 Å². The molecule has 4 atom stereocenters. The van der Waals surface area contributed by atoms with Crippen molar-refractivity contribution in [1.29, 1.82) is 5.26 Å². The lowest BCUT2D eigenvalue weighted by atomic mass is 9.89.